The van der Waals surface area contributed by atoms with Crippen LogP contribution in [0.2, 0.25) is 0 Å². The van der Waals surface area contributed by atoms with E-state index < -0.39 is 35.1 Å². The molecule has 3 aromatic rings. The molecule has 0 bridgehead atoms. The summed E-state index contributed by atoms with van der Waals surface area (Å²) in [4.78, 5) is 29.3. The lowest BCUT2D eigenvalue weighted by atomic mass is 9.67. The van der Waals surface area contributed by atoms with E-state index in [0.717, 1.165) is 5.56 Å². The van der Waals surface area contributed by atoms with Gasteiger partial charge in [-0.15, -0.1) is 0 Å². The number of hydrogen-bond donors (Lipinski definition) is 1. The van der Waals surface area contributed by atoms with Gasteiger partial charge >= 0.3 is 0 Å². The molecule has 5 rings (SSSR count). The van der Waals surface area contributed by atoms with Gasteiger partial charge in [-0.25, -0.2) is 4.39 Å². The van der Waals surface area contributed by atoms with E-state index in [1.165, 1.54) is 38.5 Å². The number of ether oxygens (including phenoxy) is 2. The summed E-state index contributed by atoms with van der Waals surface area (Å²) in [7, 11) is 2.98. The van der Waals surface area contributed by atoms with E-state index in [0.29, 0.717) is 22.7 Å². The summed E-state index contributed by atoms with van der Waals surface area (Å²) in [5, 5.41) is 10.6. The second-order valence-electron chi connectivity index (χ2n) is 9.02. The number of methoxy groups -OCH3 is 2. The van der Waals surface area contributed by atoms with Crippen molar-refractivity contribution in [2.75, 3.05) is 19.1 Å². The number of rotatable bonds is 6. The number of anilines is 1. The third kappa shape index (κ3) is 3.54. The largest absolute Gasteiger partial charge is 0.493 e. The van der Waals surface area contributed by atoms with Gasteiger partial charge in [0.15, 0.2) is 22.7 Å². The van der Waals surface area contributed by atoms with Gasteiger partial charge in [-0.2, -0.15) is 5.26 Å². The summed E-state index contributed by atoms with van der Waals surface area (Å²) >= 11 is 0. The first kappa shape index (κ1) is 24.1. The number of halogens is 1. The Balaban J connectivity index is 1.81. The predicted molar refractivity (Wildman–Crippen MR) is 136 cm³/mol. The van der Waals surface area contributed by atoms with Gasteiger partial charge in [0.05, 0.1) is 26.3 Å². The quantitative estimate of drug-likeness (QED) is 0.515. The maximum absolute atomic E-state index is 14.2. The van der Waals surface area contributed by atoms with Crippen molar-refractivity contribution in [2.45, 2.75) is 18.0 Å². The molecule has 7 nitrogen and oxygen atoms in total. The second kappa shape index (κ2) is 9.10. The maximum atomic E-state index is 14.2. The zero-order valence-corrected chi connectivity index (χ0v) is 20.2. The molecule has 2 aliphatic heterocycles. The van der Waals surface area contributed by atoms with Crippen LogP contribution in [0.15, 0.2) is 72.8 Å². The number of para-hydroxylation sites is 1. The van der Waals surface area contributed by atoms with Crippen LogP contribution in [0.4, 0.5) is 10.1 Å². The summed E-state index contributed by atoms with van der Waals surface area (Å²) in [6.45, 7) is 0. The average molecular weight is 498 g/mol. The number of ketones is 1. The molecule has 2 N–H and O–H groups in total. The van der Waals surface area contributed by atoms with Crippen molar-refractivity contribution in [3.63, 3.8) is 0 Å². The van der Waals surface area contributed by atoms with E-state index in [9.17, 15) is 19.2 Å². The maximum Gasteiger partial charge on any atom is 0.241 e. The third-order valence-corrected chi connectivity index (χ3v) is 7.30. The number of nitrogens with two attached hydrogens (primary N) is 1. The highest BCUT2D eigenvalue weighted by Crippen LogP contribution is 2.56. The van der Waals surface area contributed by atoms with Crippen LogP contribution in [0.1, 0.15) is 27.4 Å². The van der Waals surface area contributed by atoms with Gasteiger partial charge in [-0.05, 0) is 53.6 Å². The van der Waals surface area contributed by atoms with Crippen LogP contribution in [0.5, 0.6) is 11.5 Å². The van der Waals surface area contributed by atoms with Crippen molar-refractivity contribution >= 4 is 23.5 Å². The average Bonchev–Trinajstić information content (AvgIpc) is 3.24. The summed E-state index contributed by atoms with van der Waals surface area (Å²) in [6.07, 6.45) is 3.59. The number of hydrogen-bond acceptors (Lipinski definition) is 6. The second-order valence-corrected chi connectivity index (χ2v) is 9.02. The molecule has 2 aliphatic rings. The van der Waals surface area contributed by atoms with Crippen LogP contribution in [0.3, 0.4) is 0 Å². The van der Waals surface area contributed by atoms with Crippen LogP contribution < -0.4 is 20.1 Å². The van der Waals surface area contributed by atoms with E-state index in [1.807, 2.05) is 30.3 Å². The van der Waals surface area contributed by atoms with Gasteiger partial charge in [-0.3, -0.25) is 9.59 Å². The van der Waals surface area contributed by atoms with Crippen molar-refractivity contribution in [2.24, 2.45) is 11.1 Å². The first-order valence-electron chi connectivity index (χ1n) is 11.7. The zero-order chi connectivity index (χ0) is 26.3. The van der Waals surface area contributed by atoms with Crippen molar-refractivity contribution in [1.29, 1.82) is 5.26 Å². The fourth-order valence-electron chi connectivity index (χ4n) is 5.63. The van der Waals surface area contributed by atoms with E-state index in [-0.39, 0.29) is 11.3 Å². The third-order valence-electron chi connectivity index (χ3n) is 7.30. The standard InChI is InChI=1S/C29H24FN3O4/c1-36-22-13-9-19(15-23(22)37-2)25-26(27(34)18-7-11-20(30)12-8-18)33-21-6-4-3-5-17(21)10-14-24(33)29(25,16-31)28(32)35/h3-15,24-26H,1-2H3,(H2,32,35)/t24-,25+,26-,29-/m1/s1. The number of nitriles is 1. The van der Waals surface area contributed by atoms with E-state index in [1.54, 1.807) is 29.2 Å². The van der Waals surface area contributed by atoms with Crippen LogP contribution in [0, 0.1) is 22.6 Å². The van der Waals surface area contributed by atoms with Crippen molar-refractivity contribution in [1.82, 2.24) is 0 Å². The van der Waals surface area contributed by atoms with Crippen LogP contribution in [-0.4, -0.2) is 38.0 Å². The number of amides is 1. The first-order chi connectivity index (χ1) is 17.9. The fraction of sp³-hybridized carbons (Fsp3) is 0.207. The van der Waals surface area contributed by atoms with Gasteiger partial charge in [0.2, 0.25) is 5.91 Å². The highest BCUT2D eigenvalue weighted by molar-refractivity contribution is 6.06. The molecule has 4 atom stereocenters. The molecule has 0 saturated carbocycles. The molecule has 8 heteroatoms. The molecular formula is C29H24FN3O4. The van der Waals surface area contributed by atoms with Crippen LogP contribution >= 0.6 is 0 Å². The Labute approximate surface area is 213 Å². The Morgan fingerprint density at radius 1 is 1.03 bits per heavy atom. The van der Waals surface area contributed by atoms with Gasteiger partial charge in [-0.1, -0.05) is 36.4 Å². The van der Waals surface area contributed by atoms with E-state index in [4.69, 9.17) is 15.2 Å². The number of nitrogens with zero attached hydrogens (tertiary/aromatic N) is 2. The lowest BCUT2D eigenvalue weighted by Gasteiger charge is -2.36. The van der Waals surface area contributed by atoms with Gasteiger partial charge in [0.1, 0.15) is 11.9 Å². The van der Waals surface area contributed by atoms with Crippen LogP contribution in [-0.2, 0) is 4.79 Å². The van der Waals surface area contributed by atoms with Crippen molar-refractivity contribution < 1.29 is 23.5 Å². The molecule has 37 heavy (non-hydrogen) atoms. The smallest absolute Gasteiger partial charge is 0.241 e. The Morgan fingerprint density at radius 3 is 2.38 bits per heavy atom. The predicted octanol–water partition coefficient (Wildman–Crippen LogP) is 4.09. The first-order valence-corrected chi connectivity index (χ1v) is 11.7. The van der Waals surface area contributed by atoms with Gasteiger partial charge in [0, 0.05) is 17.2 Å². The minimum Gasteiger partial charge on any atom is -0.493 e. The number of carbonyl (C=O) groups is 2. The summed E-state index contributed by atoms with van der Waals surface area (Å²) in [5.41, 5.74) is 6.50. The Kier molecular flexibility index (Phi) is 5.92. The van der Waals surface area contributed by atoms with Crippen LogP contribution in [0.25, 0.3) is 6.08 Å². The molecule has 0 aliphatic carbocycles. The Hall–Kier alpha value is -4.64. The minimum absolute atomic E-state index is 0.251. The molecule has 1 fully saturated rings. The van der Waals surface area contributed by atoms with Crippen molar-refractivity contribution in [3.05, 3.63) is 95.3 Å². The topological polar surface area (TPSA) is 106 Å². The van der Waals surface area contributed by atoms with Crippen molar-refractivity contribution in [3.8, 4) is 17.6 Å². The molecule has 2 heterocycles. The van der Waals surface area contributed by atoms with E-state index in [2.05, 4.69) is 6.07 Å². The highest BCUT2D eigenvalue weighted by Gasteiger charge is 2.65. The fourth-order valence-corrected chi connectivity index (χ4v) is 5.63. The highest BCUT2D eigenvalue weighted by atomic mass is 19.1. The Bertz CT molecular complexity index is 1460. The molecule has 0 aromatic heterocycles. The number of benzene rings is 3. The molecular weight excluding hydrogens is 473 g/mol. The molecule has 0 radical (unpaired) electrons. The Morgan fingerprint density at radius 2 is 1.73 bits per heavy atom. The monoisotopic (exact) mass is 497 g/mol. The van der Waals surface area contributed by atoms with Gasteiger partial charge < -0.3 is 20.1 Å². The number of carbonyl (C=O) groups excluding carboxylic acids is 2. The lowest BCUT2D eigenvalue weighted by molar-refractivity contribution is -0.125. The molecule has 1 amide bonds. The molecule has 0 unspecified atom stereocenters. The summed E-state index contributed by atoms with van der Waals surface area (Å²) in [5.74, 6) is -1.84. The number of Topliss-reactive ketones (excluding diaryl/α,β-unsaturated/α-hetero) is 1. The molecule has 1 saturated heterocycles. The van der Waals surface area contributed by atoms with E-state index >= 15 is 0 Å². The molecule has 3 aromatic carbocycles. The minimum atomic E-state index is -1.80. The summed E-state index contributed by atoms with van der Waals surface area (Å²) < 4.78 is 24.6. The summed E-state index contributed by atoms with van der Waals surface area (Å²) in [6, 6.07) is 18.1. The number of primary amides is 1. The lowest BCUT2D eigenvalue weighted by Crippen LogP contribution is -2.49. The normalized spacial score (nSPS) is 23.5. The number of fused-ring (bicyclic) bond motifs is 3. The zero-order valence-electron chi connectivity index (χ0n) is 20.2. The molecule has 186 valence electrons. The SMILES string of the molecule is COc1ccc([C@H]2[C@H](C(=O)c3ccc(F)cc3)N3c4ccccc4C=C[C@@H]3[C@@]2(C#N)C(N)=O)cc1OC. The molecule has 0 spiro atoms. The van der Waals surface area contributed by atoms with Gasteiger partial charge in [0.25, 0.3) is 0 Å².